The minimum atomic E-state index is -0.285. The summed E-state index contributed by atoms with van der Waals surface area (Å²) in [6.07, 6.45) is 2.93. The zero-order chi connectivity index (χ0) is 24.1. The number of imide groups is 1. The molecule has 1 saturated heterocycles. The van der Waals surface area contributed by atoms with Gasteiger partial charge in [-0.15, -0.1) is 0 Å². The zero-order valence-corrected chi connectivity index (χ0v) is 19.7. The maximum atomic E-state index is 12.6. The highest BCUT2D eigenvalue weighted by Gasteiger charge is 2.35. The number of piperazine rings is 1. The van der Waals surface area contributed by atoms with Crippen LogP contribution in [0.15, 0.2) is 48.5 Å². The molecule has 178 valence electrons. The topological polar surface area (TPSA) is 78.0 Å². The van der Waals surface area contributed by atoms with Gasteiger partial charge in [-0.2, -0.15) is 0 Å². The molecular weight excluding hydrogens is 430 g/mol. The molecule has 2 heterocycles. The van der Waals surface area contributed by atoms with E-state index in [2.05, 4.69) is 12.1 Å². The lowest BCUT2D eigenvalue weighted by Gasteiger charge is -2.35. The Morgan fingerprint density at radius 2 is 1.35 bits per heavy atom. The van der Waals surface area contributed by atoms with Crippen LogP contribution in [0.4, 0.5) is 0 Å². The van der Waals surface area contributed by atoms with Crippen molar-refractivity contribution < 1.29 is 19.2 Å². The summed E-state index contributed by atoms with van der Waals surface area (Å²) in [6.45, 7) is 4.26. The Hall–Kier alpha value is -3.48. The molecule has 2 aromatic rings. The van der Waals surface area contributed by atoms with Crippen LogP contribution in [0.2, 0.25) is 0 Å². The number of benzene rings is 2. The minimum absolute atomic E-state index is 0.00336. The third-order valence-electron chi connectivity index (χ3n) is 6.58. The molecule has 0 unspecified atom stereocenters. The van der Waals surface area contributed by atoms with Gasteiger partial charge in [-0.25, -0.2) is 0 Å². The third-order valence-corrected chi connectivity index (χ3v) is 6.58. The van der Waals surface area contributed by atoms with Gasteiger partial charge in [0.05, 0.1) is 11.1 Å². The van der Waals surface area contributed by atoms with Crippen molar-refractivity contribution in [1.29, 1.82) is 0 Å². The Morgan fingerprint density at radius 1 is 0.765 bits per heavy atom. The van der Waals surface area contributed by atoms with Gasteiger partial charge in [-0.3, -0.25) is 24.1 Å². The van der Waals surface area contributed by atoms with Gasteiger partial charge in [0.2, 0.25) is 11.8 Å². The normalized spacial score (nSPS) is 15.6. The molecule has 7 heteroatoms. The smallest absolute Gasteiger partial charge is 0.261 e. The predicted molar refractivity (Wildman–Crippen MR) is 128 cm³/mol. The van der Waals surface area contributed by atoms with Gasteiger partial charge < -0.3 is 9.80 Å². The maximum absolute atomic E-state index is 12.6. The minimum Gasteiger partial charge on any atom is -0.339 e. The molecule has 4 amide bonds. The molecule has 0 aliphatic carbocycles. The van der Waals surface area contributed by atoms with Crippen molar-refractivity contribution in [2.75, 3.05) is 32.7 Å². The molecule has 2 aliphatic heterocycles. The van der Waals surface area contributed by atoms with Crippen LogP contribution < -0.4 is 0 Å². The number of hydrogen-bond donors (Lipinski definition) is 0. The largest absolute Gasteiger partial charge is 0.339 e. The Balaban J connectivity index is 1.16. The van der Waals surface area contributed by atoms with E-state index in [-0.39, 0.29) is 36.6 Å². The second-order valence-corrected chi connectivity index (χ2v) is 9.02. The molecule has 34 heavy (non-hydrogen) atoms. The number of amides is 4. The van der Waals surface area contributed by atoms with E-state index in [0.717, 1.165) is 18.4 Å². The molecule has 0 bridgehead atoms. The van der Waals surface area contributed by atoms with E-state index in [9.17, 15) is 19.2 Å². The van der Waals surface area contributed by atoms with Crippen LogP contribution in [-0.2, 0) is 16.0 Å². The number of aryl methyl sites for hydroxylation is 2. The van der Waals surface area contributed by atoms with Crippen LogP contribution in [0.5, 0.6) is 0 Å². The molecule has 7 nitrogen and oxygen atoms in total. The molecule has 2 aromatic carbocycles. The van der Waals surface area contributed by atoms with Gasteiger partial charge in [-0.1, -0.05) is 42.0 Å². The molecule has 2 aliphatic rings. The summed E-state index contributed by atoms with van der Waals surface area (Å²) < 4.78 is 0. The molecule has 0 N–H and O–H groups in total. The van der Waals surface area contributed by atoms with E-state index in [1.165, 1.54) is 10.5 Å². The summed E-state index contributed by atoms with van der Waals surface area (Å²) in [6, 6.07) is 15.4. The Kier molecular flexibility index (Phi) is 7.40. The second kappa shape index (κ2) is 10.6. The van der Waals surface area contributed by atoms with Crippen molar-refractivity contribution >= 4 is 23.6 Å². The quantitative estimate of drug-likeness (QED) is 0.566. The van der Waals surface area contributed by atoms with Crippen molar-refractivity contribution in [2.24, 2.45) is 0 Å². The number of rotatable bonds is 8. The van der Waals surface area contributed by atoms with Crippen LogP contribution in [0.3, 0.4) is 0 Å². The number of carbonyl (C=O) groups excluding carboxylic acids is 4. The SMILES string of the molecule is Cc1ccc2c(c1)C(=O)N(CCCC(=O)N1CCN(C(=O)CCCc3ccccc3)CC1)C2=O. The van der Waals surface area contributed by atoms with Gasteiger partial charge in [0.15, 0.2) is 0 Å². The first-order valence-corrected chi connectivity index (χ1v) is 12.0. The van der Waals surface area contributed by atoms with Crippen LogP contribution in [0, 0.1) is 6.92 Å². The first-order valence-electron chi connectivity index (χ1n) is 12.0. The molecule has 1 fully saturated rings. The molecule has 0 atom stereocenters. The monoisotopic (exact) mass is 461 g/mol. The second-order valence-electron chi connectivity index (χ2n) is 9.02. The first-order chi connectivity index (χ1) is 16.4. The average Bonchev–Trinajstić information content (AvgIpc) is 3.08. The molecule has 0 saturated carbocycles. The fourth-order valence-electron chi connectivity index (χ4n) is 4.61. The number of carbonyl (C=O) groups is 4. The zero-order valence-electron chi connectivity index (χ0n) is 19.7. The summed E-state index contributed by atoms with van der Waals surface area (Å²) in [4.78, 5) is 55.1. The lowest BCUT2D eigenvalue weighted by Crippen LogP contribution is -2.50. The van der Waals surface area contributed by atoms with Gasteiger partial charge in [0.1, 0.15) is 0 Å². The lowest BCUT2D eigenvalue weighted by molar-refractivity contribution is -0.139. The van der Waals surface area contributed by atoms with E-state index in [0.29, 0.717) is 50.1 Å². The molecular formula is C27H31N3O4. The lowest BCUT2D eigenvalue weighted by atomic mass is 10.1. The standard InChI is InChI=1S/C27H31N3O4/c1-20-12-13-22-23(19-20)27(34)30(26(22)33)14-6-11-25(32)29-17-15-28(16-18-29)24(31)10-5-9-21-7-3-2-4-8-21/h2-4,7-8,12-13,19H,5-6,9-11,14-18H2,1H3. The van der Waals surface area contributed by atoms with Crippen LogP contribution in [0.25, 0.3) is 0 Å². The summed E-state index contributed by atoms with van der Waals surface area (Å²) in [5.41, 5.74) is 3.06. The number of fused-ring (bicyclic) bond motifs is 1. The molecule has 0 aromatic heterocycles. The fourth-order valence-corrected chi connectivity index (χ4v) is 4.61. The maximum Gasteiger partial charge on any atom is 0.261 e. The van der Waals surface area contributed by atoms with E-state index >= 15 is 0 Å². The number of nitrogens with zero attached hydrogens (tertiary/aromatic N) is 3. The van der Waals surface area contributed by atoms with E-state index < -0.39 is 0 Å². The fraction of sp³-hybridized carbons (Fsp3) is 0.407. The highest BCUT2D eigenvalue weighted by atomic mass is 16.2. The van der Waals surface area contributed by atoms with Gasteiger partial charge in [0, 0.05) is 45.6 Å². The molecule has 0 radical (unpaired) electrons. The third kappa shape index (κ3) is 5.35. The van der Waals surface area contributed by atoms with Gasteiger partial charge >= 0.3 is 0 Å². The van der Waals surface area contributed by atoms with Crippen LogP contribution in [0.1, 0.15) is 57.5 Å². The van der Waals surface area contributed by atoms with E-state index in [1.807, 2.05) is 36.1 Å². The van der Waals surface area contributed by atoms with Crippen molar-refractivity contribution in [1.82, 2.24) is 14.7 Å². The summed E-state index contributed by atoms with van der Waals surface area (Å²) in [5, 5.41) is 0. The highest BCUT2D eigenvalue weighted by molar-refractivity contribution is 6.21. The predicted octanol–water partition coefficient (Wildman–Crippen LogP) is 3.06. The summed E-state index contributed by atoms with van der Waals surface area (Å²) in [5.74, 6) is -0.421. The first kappa shape index (κ1) is 23.7. The highest BCUT2D eigenvalue weighted by Crippen LogP contribution is 2.24. The van der Waals surface area contributed by atoms with Crippen molar-refractivity contribution in [3.05, 3.63) is 70.8 Å². The van der Waals surface area contributed by atoms with E-state index in [1.54, 1.807) is 17.0 Å². The van der Waals surface area contributed by atoms with Crippen molar-refractivity contribution in [3.63, 3.8) is 0 Å². The Bertz CT molecular complexity index is 1070. The Morgan fingerprint density at radius 3 is 2.00 bits per heavy atom. The summed E-state index contributed by atoms with van der Waals surface area (Å²) in [7, 11) is 0. The number of hydrogen-bond acceptors (Lipinski definition) is 4. The van der Waals surface area contributed by atoms with Crippen molar-refractivity contribution in [3.8, 4) is 0 Å². The van der Waals surface area contributed by atoms with Crippen LogP contribution in [-0.4, -0.2) is 71.1 Å². The molecule has 0 spiro atoms. The van der Waals surface area contributed by atoms with Gasteiger partial charge in [0.25, 0.3) is 11.8 Å². The van der Waals surface area contributed by atoms with Gasteiger partial charge in [-0.05, 0) is 43.9 Å². The average molecular weight is 462 g/mol. The summed E-state index contributed by atoms with van der Waals surface area (Å²) >= 11 is 0. The van der Waals surface area contributed by atoms with Crippen LogP contribution >= 0.6 is 0 Å². The Labute approximate surface area is 200 Å². The molecule has 4 rings (SSSR count). The van der Waals surface area contributed by atoms with E-state index in [4.69, 9.17) is 0 Å². The van der Waals surface area contributed by atoms with Crippen molar-refractivity contribution in [2.45, 2.75) is 39.0 Å².